The van der Waals surface area contributed by atoms with Crippen LogP contribution in [-0.4, -0.2) is 48.6 Å². The Morgan fingerprint density at radius 1 is 1.36 bits per heavy atom. The third-order valence-corrected chi connectivity index (χ3v) is 5.86. The zero-order chi connectivity index (χ0) is 17.4. The number of rotatable bonds is 4. The molecule has 3 aliphatic heterocycles. The predicted molar refractivity (Wildman–Crippen MR) is 93.6 cm³/mol. The molecule has 0 bridgehead atoms. The highest BCUT2D eigenvalue weighted by molar-refractivity contribution is 6.07. The molecule has 0 aromatic heterocycles. The fraction of sp³-hybridized carbons (Fsp3) is 0.579. The van der Waals surface area contributed by atoms with Crippen LogP contribution in [0.4, 0.5) is 4.79 Å². The van der Waals surface area contributed by atoms with Crippen LogP contribution in [0.1, 0.15) is 30.9 Å². The van der Waals surface area contributed by atoms with Gasteiger partial charge in [0.15, 0.2) is 0 Å². The summed E-state index contributed by atoms with van der Waals surface area (Å²) in [5.41, 5.74) is 1.87. The number of benzene rings is 1. The fourth-order valence-electron chi connectivity index (χ4n) is 4.26. The van der Waals surface area contributed by atoms with E-state index in [9.17, 15) is 9.59 Å². The smallest absolute Gasteiger partial charge is 0.322 e. The summed E-state index contributed by atoms with van der Waals surface area (Å²) < 4.78 is 5.57. The average Bonchev–Trinajstić information content (AvgIpc) is 3.17. The third kappa shape index (κ3) is 3.11. The molecule has 6 heteroatoms. The van der Waals surface area contributed by atoms with E-state index >= 15 is 0 Å². The molecule has 0 saturated carbocycles. The highest BCUT2D eigenvalue weighted by Crippen LogP contribution is 2.30. The van der Waals surface area contributed by atoms with Gasteiger partial charge in [-0.15, -0.1) is 0 Å². The van der Waals surface area contributed by atoms with Gasteiger partial charge in [-0.05, 0) is 49.9 Å². The maximum Gasteiger partial charge on any atom is 0.322 e. The molecule has 2 unspecified atom stereocenters. The number of amides is 3. The number of carbonyl (C=O) groups is 2. The van der Waals surface area contributed by atoms with Crippen molar-refractivity contribution in [2.75, 3.05) is 26.2 Å². The number of hydrogen-bond donors (Lipinski definition) is 2. The van der Waals surface area contributed by atoms with Gasteiger partial charge in [0, 0.05) is 25.4 Å². The molecule has 25 heavy (non-hydrogen) atoms. The van der Waals surface area contributed by atoms with Gasteiger partial charge in [0.1, 0.15) is 11.3 Å². The van der Waals surface area contributed by atoms with E-state index in [0.717, 1.165) is 57.7 Å². The predicted octanol–water partition coefficient (Wildman–Crippen LogP) is 1.47. The number of likely N-dealkylation sites (tertiary alicyclic amines) is 1. The first-order valence-electron chi connectivity index (χ1n) is 9.15. The van der Waals surface area contributed by atoms with E-state index in [0.29, 0.717) is 0 Å². The molecule has 4 rings (SSSR count). The molecule has 1 aromatic rings. The zero-order valence-electron chi connectivity index (χ0n) is 14.6. The van der Waals surface area contributed by atoms with Crippen LogP contribution in [0.25, 0.3) is 0 Å². The number of hydrogen-bond acceptors (Lipinski definition) is 4. The highest BCUT2D eigenvalue weighted by atomic mass is 16.5. The van der Waals surface area contributed by atoms with Crippen molar-refractivity contribution in [3.63, 3.8) is 0 Å². The lowest BCUT2D eigenvalue weighted by atomic mass is 9.80. The molecule has 3 heterocycles. The second-order valence-electron chi connectivity index (χ2n) is 7.54. The SMILES string of the molecule is CC1(C2CCCN(CCc3ccc4c(c3)CCO4)C2)NC(=O)NC1=O. The normalized spacial score (nSPS) is 29.1. The monoisotopic (exact) mass is 343 g/mol. The van der Waals surface area contributed by atoms with Gasteiger partial charge in [-0.2, -0.15) is 0 Å². The first-order valence-corrected chi connectivity index (χ1v) is 9.15. The van der Waals surface area contributed by atoms with Gasteiger partial charge in [-0.3, -0.25) is 10.1 Å². The Morgan fingerprint density at radius 3 is 3.04 bits per heavy atom. The third-order valence-electron chi connectivity index (χ3n) is 5.86. The van der Waals surface area contributed by atoms with Crippen LogP contribution in [0.3, 0.4) is 0 Å². The minimum absolute atomic E-state index is 0.154. The largest absolute Gasteiger partial charge is 0.493 e. The summed E-state index contributed by atoms with van der Waals surface area (Å²) >= 11 is 0. The molecule has 3 amide bonds. The summed E-state index contributed by atoms with van der Waals surface area (Å²) in [5.74, 6) is 0.988. The van der Waals surface area contributed by atoms with E-state index in [1.807, 2.05) is 6.92 Å². The quantitative estimate of drug-likeness (QED) is 0.813. The number of carbonyl (C=O) groups excluding carboxylic acids is 2. The molecular formula is C19H25N3O3. The molecular weight excluding hydrogens is 318 g/mol. The van der Waals surface area contributed by atoms with E-state index in [1.165, 1.54) is 11.1 Å². The van der Waals surface area contributed by atoms with Crippen molar-refractivity contribution < 1.29 is 14.3 Å². The maximum absolute atomic E-state index is 12.2. The number of ether oxygens (including phenoxy) is 1. The maximum atomic E-state index is 12.2. The number of imide groups is 1. The standard InChI is InChI=1S/C19H25N3O3/c1-19(17(23)20-18(24)21-19)15-3-2-8-22(12-15)9-6-13-4-5-16-14(11-13)7-10-25-16/h4-5,11,15H,2-3,6-10,12H2,1H3,(H2,20,21,23,24). The lowest BCUT2D eigenvalue weighted by Gasteiger charge is -2.39. The van der Waals surface area contributed by atoms with Crippen molar-refractivity contribution in [1.29, 1.82) is 0 Å². The Hall–Kier alpha value is -2.08. The second kappa shape index (κ2) is 6.33. The summed E-state index contributed by atoms with van der Waals surface area (Å²) in [6.07, 6.45) is 4.02. The van der Waals surface area contributed by atoms with Crippen LogP contribution >= 0.6 is 0 Å². The van der Waals surface area contributed by atoms with Crippen molar-refractivity contribution in [2.24, 2.45) is 5.92 Å². The van der Waals surface area contributed by atoms with E-state index in [-0.39, 0.29) is 17.9 Å². The van der Waals surface area contributed by atoms with Crippen molar-refractivity contribution in [3.8, 4) is 5.75 Å². The molecule has 2 N–H and O–H groups in total. The van der Waals surface area contributed by atoms with Gasteiger partial charge in [0.05, 0.1) is 6.61 Å². The molecule has 2 saturated heterocycles. The Kier molecular flexibility index (Phi) is 4.15. The first kappa shape index (κ1) is 16.4. The summed E-state index contributed by atoms with van der Waals surface area (Å²) in [6.45, 7) is 5.51. The number of nitrogens with one attached hydrogen (secondary N) is 2. The molecule has 0 aliphatic carbocycles. The Bertz CT molecular complexity index is 705. The molecule has 0 spiro atoms. The van der Waals surface area contributed by atoms with Gasteiger partial charge >= 0.3 is 6.03 Å². The summed E-state index contributed by atoms with van der Waals surface area (Å²) in [5, 5.41) is 5.21. The van der Waals surface area contributed by atoms with Crippen LogP contribution in [-0.2, 0) is 17.6 Å². The molecule has 6 nitrogen and oxygen atoms in total. The van der Waals surface area contributed by atoms with Gasteiger partial charge in [0.2, 0.25) is 0 Å². The lowest BCUT2D eigenvalue weighted by molar-refractivity contribution is -0.126. The lowest BCUT2D eigenvalue weighted by Crippen LogP contribution is -2.55. The number of fused-ring (bicyclic) bond motifs is 1. The summed E-state index contributed by atoms with van der Waals surface area (Å²) in [6, 6.07) is 6.12. The Labute approximate surface area is 147 Å². The van der Waals surface area contributed by atoms with Crippen molar-refractivity contribution in [1.82, 2.24) is 15.5 Å². The Morgan fingerprint density at radius 2 is 2.24 bits per heavy atom. The van der Waals surface area contributed by atoms with E-state index in [1.54, 1.807) is 0 Å². The topological polar surface area (TPSA) is 70.7 Å². The van der Waals surface area contributed by atoms with Gasteiger partial charge < -0.3 is 15.0 Å². The van der Waals surface area contributed by atoms with E-state index < -0.39 is 5.54 Å². The average molecular weight is 343 g/mol. The number of piperidine rings is 1. The molecule has 134 valence electrons. The molecule has 2 atom stereocenters. The van der Waals surface area contributed by atoms with Crippen LogP contribution < -0.4 is 15.4 Å². The zero-order valence-corrected chi connectivity index (χ0v) is 14.6. The van der Waals surface area contributed by atoms with Crippen molar-refractivity contribution in [2.45, 2.75) is 38.1 Å². The number of urea groups is 1. The van der Waals surface area contributed by atoms with Crippen LogP contribution in [0.2, 0.25) is 0 Å². The van der Waals surface area contributed by atoms with Crippen molar-refractivity contribution >= 4 is 11.9 Å². The van der Waals surface area contributed by atoms with Crippen LogP contribution in [0, 0.1) is 5.92 Å². The molecule has 1 aromatic carbocycles. The first-order chi connectivity index (χ1) is 12.0. The minimum atomic E-state index is -0.777. The molecule has 2 fully saturated rings. The van der Waals surface area contributed by atoms with Crippen LogP contribution in [0.5, 0.6) is 5.75 Å². The molecule has 3 aliphatic rings. The summed E-state index contributed by atoms with van der Waals surface area (Å²) in [7, 11) is 0. The van der Waals surface area contributed by atoms with Gasteiger partial charge in [-0.1, -0.05) is 12.1 Å². The Balaban J connectivity index is 1.37. The summed E-state index contributed by atoms with van der Waals surface area (Å²) in [4.78, 5) is 26.1. The van der Waals surface area contributed by atoms with Crippen molar-refractivity contribution in [3.05, 3.63) is 29.3 Å². The second-order valence-corrected chi connectivity index (χ2v) is 7.54. The fourth-order valence-corrected chi connectivity index (χ4v) is 4.26. The van der Waals surface area contributed by atoms with E-state index in [2.05, 4.69) is 33.7 Å². The highest BCUT2D eigenvalue weighted by Gasteiger charge is 2.48. The van der Waals surface area contributed by atoms with Gasteiger partial charge in [-0.25, -0.2) is 4.79 Å². The number of nitrogens with zero attached hydrogens (tertiary/aromatic N) is 1. The minimum Gasteiger partial charge on any atom is -0.493 e. The van der Waals surface area contributed by atoms with Gasteiger partial charge in [0.25, 0.3) is 5.91 Å². The van der Waals surface area contributed by atoms with Crippen LogP contribution in [0.15, 0.2) is 18.2 Å². The van der Waals surface area contributed by atoms with E-state index in [4.69, 9.17) is 4.74 Å². The molecule has 0 radical (unpaired) electrons.